The molecular formula is C21H20F7NO. The van der Waals surface area contributed by atoms with E-state index in [1.807, 2.05) is 0 Å². The normalized spacial score (nSPS) is 20.4. The van der Waals surface area contributed by atoms with E-state index in [2.05, 4.69) is 5.32 Å². The zero-order valence-corrected chi connectivity index (χ0v) is 15.8. The van der Waals surface area contributed by atoms with E-state index in [9.17, 15) is 30.7 Å². The first kappa shape index (κ1) is 22.6. The van der Waals surface area contributed by atoms with Gasteiger partial charge < -0.3 is 10.1 Å². The fourth-order valence-electron chi connectivity index (χ4n) is 3.68. The summed E-state index contributed by atoms with van der Waals surface area (Å²) in [5.41, 5.74) is -2.00. The molecule has 30 heavy (non-hydrogen) atoms. The Labute approximate surface area is 169 Å². The highest BCUT2D eigenvalue weighted by atomic mass is 19.4. The van der Waals surface area contributed by atoms with E-state index in [-0.39, 0.29) is 42.5 Å². The molecule has 2 nitrogen and oxygen atoms in total. The molecule has 0 radical (unpaired) electrons. The zero-order valence-electron chi connectivity index (χ0n) is 15.8. The number of halogens is 7. The number of alkyl halides is 6. The van der Waals surface area contributed by atoms with Crippen molar-refractivity contribution in [2.75, 3.05) is 19.7 Å². The molecule has 1 saturated heterocycles. The predicted octanol–water partition coefficient (Wildman–Crippen LogP) is 5.77. The maximum absolute atomic E-state index is 13.2. The SMILES string of the molecule is Fc1ccc(C2CCNCC2COCc2cc(C(F)(F)F)cc(C(F)(F)F)c2)cc1. The van der Waals surface area contributed by atoms with Crippen molar-refractivity contribution in [3.8, 4) is 0 Å². The van der Waals surface area contributed by atoms with Crippen LogP contribution in [0.15, 0.2) is 42.5 Å². The fraction of sp³-hybridized carbons (Fsp3) is 0.429. The van der Waals surface area contributed by atoms with Crippen molar-refractivity contribution >= 4 is 0 Å². The van der Waals surface area contributed by atoms with Crippen LogP contribution in [0.25, 0.3) is 0 Å². The highest BCUT2D eigenvalue weighted by Crippen LogP contribution is 2.37. The molecule has 0 saturated carbocycles. The number of piperidine rings is 1. The van der Waals surface area contributed by atoms with Crippen LogP contribution < -0.4 is 5.32 Å². The molecule has 0 amide bonds. The van der Waals surface area contributed by atoms with Crippen LogP contribution in [-0.2, 0) is 23.7 Å². The minimum atomic E-state index is -4.89. The second-order valence-corrected chi connectivity index (χ2v) is 7.34. The second-order valence-electron chi connectivity index (χ2n) is 7.34. The molecule has 9 heteroatoms. The Bertz CT molecular complexity index is 814. The molecule has 0 spiro atoms. The van der Waals surface area contributed by atoms with Gasteiger partial charge in [0, 0.05) is 12.5 Å². The molecule has 2 atom stereocenters. The zero-order chi connectivity index (χ0) is 21.9. The van der Waals surface area contributed by atoms with Crippen molar-refractivity contribution in [2.24, 2.45) is 5.92 Å². The lowest BCUT2D eigenvalue weighted by atomic mass is 9.81. The van der Waals surface area contributed by atoms with E-state index in [4.69, 9.17) is 4.74 Å². The summed E-state index contributed by atoms with van der Waals surface area (Å²) in [6.07, 6.45) is -9.02. The lowest BCUT2D eigenvalue weighted by molar-refractivity contribution is -0.143. The number of nitrogens with one attached hydrogen (secondary N) is 1. The molecule has 1 N–H and O–H groups in total. The van der Waals surface area contributed by atoms with Gasteiger partial charge in [0.15, 0.2) is 0 Å². The first-order valence-corrected chi connectivity index (χ1v) is 9.36. The van der Waals surface area contributed by atoms with Crippen LogP contribution in [-0.4, -0.2) is 19.7 Å². The minimum Gasteiger partial charge on any atom is -0.376 e. The first-order valence-electron chi connectivity index (χ1n) is 9.36. The van der Waals surface area contributed by atoms with E-state index < -0.39 is 23.5 Å². The molecule has 1 fully saturated rings. The number of benzene rings is 2. The molecule has 0 aliphatic carbocycles. The van der Waals surface area contributed by atoms with Gasteiger partial charge in [0.25, 0.3) is 0 Å². The van der Waals surface area contributed by atoms with E-state index in [0.29, 0.717) is 18.7 Å². The van der Waals surface area contributed by atoms with Crippen molar-refractivity contribution in [2.45, 2.75) is 31.3 Å². The van der Waals surface area contributed by atoms with Gasteiger partial charge in [-0.15, -0.1) is 0 Å². The van der Waals surface area contributed by atoms with Gasteiger partial charge in [0.05, 0.1) is 24.3 Å². The lowest BCUT2D eigenvalue weighted by Gasteiger charge is -2.32. The smallest absolute Gasteiger partial charge is 0.376 e. The van der Waals surface area contributed by atoms with Crippen LogP contribution >= 0.6 is 0 Å². The molecule has 1 aliphatic heterocycles. The predicted molar refractivity (Wildman–Crippen MR) is 96.2 cm³/mol. The third-order valence-electron chi connectivity index (χ3n) is 5.15. The van der Waals surface area contributed by atoms with Gasteiger partial charge in [-0.05, 0) is 60.3 Å². The maximum Gasteiger partial charge on any atom is 0.416 e. The third kappa shape index (κ3) is 5.72. The van der Waals surface area contributed by atoms with Gasteiger partial charge in [0.2, 0.25) is 0 Å². The topological polar surface area (TPSA) is 21.3 Å². The molecule has 3 rings (SSSR count). The van der Waals surface area contributed by atoms with E-state index in [1.165, 1.54) is 12.1 Å². The van der Waals surface area contributed by atoms with Crippen LogP contribution in [0.2, 0.25) is 0 Å². The van der Waals surface area contributed by atoms with Gasteiger partial charge in [-0.1, -0.05) is 12.1 Å². The summed E-state index contributed by atoms with van der Waals surface area (Å²) in [4.78, 5) is 0. The first-order chi connectivity index (χ1) is 14.0. The quantitative estimate of drug-likeness (QED) is 0.602. The molecule has 0 aromatic heterocycles. The monoisotopic (exact) mass is 435 g/mol. The second kappa shape index (κ2) is 8.93. The Hall–Kier alpha value is -2.13. The molecule has 1 aliphatic rings. The Morgan fingerprint density at radius 1 is 0.900 bits per heavy atom. The highest BCUT2D eigenvalue weighted by molar-refractivity contribution is 5.33. The molecule has 164 valence electrons. The van der Waals surface area contributed by atoms with Gasteiger partial charge in [-0.3, -0.25) is 0 Å². The molecule has 2 unspecified atom stereocenters. The summed E-state index contributed by atoms with van der Waals surface area (Å²) in [7, 11) is 0. The summed E-state index contributed by atoms with van der Waals surface area (Å²) in [6, 6.07) is 7.52. The van der Waals surface area contributed by atoms with Gasteiger partial charge >= 0.3 is 12.4 Å². The summed E-state index contributed by atoms with van der Waals surface area (Å²) in [5.74, 6) is -0.346. The van der Waals surface area contributed by atoms with Crippen LogP contribution in [0.5, 0.6) is 0 Å². The van der Waals surface area contributed by atoms with Crippen molar-refractivity contribution in [3.63, 3.8) is 0 Å². The van der Waals surface area contributed by atoms with Gasteiger partial charge in [-0.2, -0.15) is 26.3 Å². The van der Waals surface area contributed by atoms with Crippen molar-refractivity contribution in [1.82, 2.24) is 5.32 Å². The average Bonchev–Trinajstić information content (AvgIpc) is 2.67. The Kier molecular flexibility index (Phi) is 6.71. The van der Waals surface area contributed by atoms with Gasteiger partial charge in [-0.25, -0.2) is 4.39 Å². The number of hydrogen-bond acceptors (Lipinski definition) is 2. The Balaban J connectivity index is 1.70. The summed E-state index contributed by atoms with van der Waals surface area (Å²) in [6.45, 7) is 1.10. The number of hydrogen-bond donors (Lipinski definition) is 1. The van der Waals surface area contributed by atoms with E-state index in [0.717, 1.165) is 18.5 Å². The highest BCUT2D eigenvalue weighted by Gasteiger charge is 2.37. The lowest BCUT2D eigenvalue weighted by Crippen LogP contribution is -2.37. The van der Waals surface area contributed by atoms with Crippen LogP contribution in [0.3, 0.4) is 0 Å². The minimum absolute atomic E-state index is 0.0444. The largest absolute Gasteiger partial charge is 0.416 e. The third-order valence-corrected chi connectivity index (χ3v) is 5.15. The fourth-order valence-corrected chi connectivity index (χ4v) is 3.68. The standard InChI is InChI=1S/C21H20F7NO/c22-18-3-1-14(2-4-18)19-5-6-29-10-15(19)12-30-11-13-7-16(20(23,24)25)9-17(8-13)21(26,27)28/h1-4,7-9,15,19,29H,5-6,10-12H2. The van der Waals surface area contributed by atoms with Crippen LogP contribution in [0.4, 0.5) is 30.7 Å². The molecule has 2 aromatic carbocycles. The molecule has 1 heterocycles. The van der Waals surface area contributed by atoms with E-state index in [1.54, 1.807) is 12.1 Å². The van der Waals surface area contributed by atoms with Crippen molar-refractivity contribution in [1.29, 1.82) is 0 Å². The maximum atomic E-state index is 13.2. The van der Waals surface area contributed by atoms with Crippen LogP contribution in [0.1, 0.15) is 34.6 Å². The molecule has 2 aromatic rings. The van der Waals surface area contributed by atoms with Crippen molar-refractivity contribution < 1.29 is 35.5 Å². The summed E-state index contributed by atoms with van der Waals surface area (Å²) in [5, 5.41) is 3.20. The average molecular weight is 435 g/mol. The molecule has 0 bridgehead atoms. The van der Waals surface area contributed by atoms with Crippen LogP contribution in [0, 0.1) is 11.7 Å². The molecular weight excluding hydrogens is 415 g/mol. The van der Waals surface area contributed by atoms with Gasteiger partial charge in [0.1, 0.15) is 5.82 Å². The number of rotatable bonds is 5. The Morgan fingerprint density at radius 2 is 1.50 bits per heavy atom. The number of ether oxygens (including phenoxy) is 1. The Morgan fingerprint density at radius 3 is 2.07 bits per heavy atom. The van der Waals surface area contributed by atoms with E-state index >= 15 is 0 Å². The summed E-state index contributed by atoms with van der Waals surface area (Å²) < 4.78 is 96.5. The summed E-state index contributed by atoms with van der Waals surface area (Å²) >= 11 is 0. The van der Waals surface area contributed by atoms with Crippen molar-refractivity contribution in [3.05, 3.63) is 70.5 Å².